The molecular formula is C9H15N3S. The second kappa shape index (κ2) is 5.15. The summed E-state index contributed by atoms with van der Waals surface area (Å²) in [5.74, 6) is 0. The van der Waals surface area contributed by atoms with Crippen LogP contribution >= 0.6 is 11.8 Å². The molecule has 0 atom stereocenters. The van der Waals surface area contributed by atoms with Crippen LogP contribution in [0.25, 0.3) is 0 Å². The van der Waals surface area contributed by atoms with Crippen LogP contribution in [0, 0.1) is 11.3 Å². The molecule has 0 N–H and O–H groups in total. The first-order valence-corrected chi connectivity index (χ1v) is 5.57. The van der Waals surface area contributed by atoms with Crippen molar-refractivity contribution in [2.24, 2.45) is 0 Å². The molecule has 1 rings (SSSR count). The Labute approximate surface area is 84.0 Å². The molecule has 0 aromatic rings. The van der Waals surface area contributed by atoms with Gasteiger partial charge in [0.2, 0.25) is 0 Å². The number of thioether (sulfide) groups is 1. The highest BCUT2D eigenvalue weighted by atomic mass is 32.2. The van der Waals surface area contributed by atoms with Crippen molar-refractivity contribution in [3.8, 4) is 6.07 Å². The van der Waals surface area contributed by atoms with Gasteiger partial charge in [-0.3, -0.25) is 0 Å². The Morgan fingerprint density at radius 3 is 2.46 bits per heavy atom. The van der Waals surface area contributed by atoms with E-state index in [0.717, 1.165) is 31.2 Å². The fourth-order valence-electron chi connectivity index (χ4n) is 1.36. The predicted octanol–water partition coefficient (Wildman–Crippen LogP) is 0.962. The summed E-state index contributed by atoms with van der Waals surface area (Å²) in [5, 5.41) is 9.67. The molecule has 0 radical (unpaired) electrons. The Kier molecular flexibility index (Phi) is 4.13. The predicted molar refractivity (Wildman–Crippen MR) is 56.3 cm³/mol. The van der Waals surface area contributed by atoms with E-state index in [1.807, 2.05) is 6.26 Å². The summed E-state index contributed by atoms with van der Waals surface area (Å²) in [6, 6.07) is 2.09. The average Bonchev–Trinajstić information content (AvgIpc) is 2.16. The van der Waals surface area contributed by atoms with Crippen LogP contribution in [-0.4, -0.2) is 49.3 Å². The molecule has 1 aliphatic rings. The van der Waals surface area contributed by atoms with E-state index in [9.17, 15) is 0 Å². The Morgan fingerprint density at radius 1 is 1.38 bits per heavy atom. The minimum atomic E-state index is 1.03. The maximum atomic E-state index is 8.57. The first-order chi connectivity index (χ1) is 6.27. The third-order valence-corrected chi connectivity index (χ3v) is 3.01. The number of likely N-dealkylation sites (N-methyl/N-ethyl adjacent to an activating group) is 1. The lowest BCUT2D eigenvalue weighted by Gasteiger charge is -2.34. The summed E-state index contributed by atoms with van der Waals surface area (Å²) in [6.45, 7) is 4.24. The van der Waals surface area contributed by atoms with Gasteiger partial charge in [0.15, 0.2) is 0 Å². The zero-order valence-corrected chi connectivity index (χ0v) is 8.97. The molecular weight excluding hydrogens is 182 g/mol. The number of nitrogens with zero attached hydrogens (tertiary/aromatic N) is 3. The van der Waals surface area contributed by atoms with Gasteiger partial charge in [-0.1, -0.05) is 0 Å². The number of nitriles is 1. The molecule has 4 heteroatoms. The molecule has 0 bridgehead atoms. The van der Waals surface area contributed by atoms with Crippen molar-refractivity contribution in [2.45, 2.75) is 0 Å². The maximum Gasteiger partial charge on any atom is 0.0939 e. The van der Waals surface area contributed by atoms with Crippen LogP contribution in [-0.2, 0) is 0 Å². The smallest absolute Gasteiger partial charge is 0.0939 e. The number of hydrogen-bond acceptors (Lipinski definition) is 4. The zero-order chi connectivity index (χ0) is 9.68. The van der Waals surface area contributed by atoms with E-state index in [0.29, 0.717) is 0 Å². The summed E-state index contributed by atoms with van der Waals surface area (Å²) < 4.78 is 0. The monoisotopic (exact) mass is 197 g/mol. The molecule has 3 nitrogen and oxygen atoms in total. The summed E-state index contributed by atoms with van der Waals surface area (Å²) in [7, 11) is 2.13. The summed E-state index contributed by atoms with van der Waals surface area (Å²) in [5.41, 5.74) is 0. The second-order valence-electron chi connectivity index (χ2n) is 3.11. The Balaban J connectivity index is 2.52. The molecule has 1 saturated heterocycles. The van der Waals surface area contributed by atoms with Gasteiger partial charge in [-0.25, -0.2) is 0 Å². The molecule has 0 saturated carbocycles. The third kappa shape index (κ3) is 2.94. The lowest BCUT2D eigenvalue weighted by Crippen LogP contribution is -2.43. The Morgan fingerprint density at radius 2 is 2.00 bits per heavy atom. The summed E-state index contributed by atoms with van der Waals surface area (Å²) in [4.78, 5) is 4.58. The van der Waals surface area contributed by atoms with Gasteiger partial charge in [0.05, 0.1) is 11.1 Å². The van der Waals surface area contributed by atoms with Crippen molar-refractivity contribution in [1.29, 1.82) is 5.26 Å². The van der Waals surface area contributed by atoms with E-state index in [1.165, 1.54) is 0 Å². The van der Waals surface area contributed by atoms with Crippen LogP contribution in [0.5, 0.6) is 0 Å². The molecule has 0 spiro atoms. The van der Waals surface area contributed by atoms with Gasteiger partial charge in [-0.2, -0.15) is 5.26 Å². The molecule has 0 amide bonds. The second-order valence-corrected chi connectivity index (χ2v) is 3.93. The van der Waals surface area contributed by atoms with Crippen molar-refractivity contribution in [3.63, 3.8) is 0 Å². The summed E-state index contributed by atoms with van der Waals surface area (Å²) in [6.07, 6.45) is 3.65. The van der Waals surface area contributed by atoms with Gasteiger partial charge >= 0.3 is 0 Å². The zero-order valence-electron chi connectivity index (χ0n) is 8.16. The lowest BCUT2D eigenvalue weighted by atomic mass is 10.3. The largest absolute Gasteiger partial charge is 0.363 e. The SMILES string of the molecule is CSC(=CC#N)N1CCN(C)CC1. The van der Waals surface area contributed by atoms with E-state index in [1.54, 1.807) is 17.8 Å². The molecule has 13 heavy (non-hydrogen) atoms. The van der Waals surface area contributed by atoms with Crippen molar-refractivity contribution in [1.82, 2.24) is 9.80 Å². The highest BCUT2D eigenvalue weighted by Crippen LogP contribution is 2.18. The molecule has 0 aliphatic carbocycles. The molecule has 72 valence electrons. The van der Waals surface area contributed by atoms with Crippen LogP contribution in [0.4, 0.5) is 0 Å². The maximum absolute atomic E-state index is 8.57. The van der Waals surface area contributed by atoms with Crippen LogP contribution in [0.15, 0.2) is 11.1 Å². The first-order valence-electron chi connectivity index (χ1n) is 4.35. The van der Waals surface area contributed by atoms with Gasteiger partial charge in [0.1, 0.15) is 0 Å². The molecule has 0 aromatic carbocycles. The van der Waals surface area contributed by atoms with Gasteiger partial charge in [-0.05, 0) is 13.3 Å². The minimum absolute atomic E-state index is 1.03. The average molecular weight is 197 g/mol. The van der Waals surface area contributed by atoms with E-state index in [2.05, 4.69) is 22.9 Å². The van der Waals surface area contributed by atoms with E-state index in [-0.39, 0.29) is 0 Å². The van der Waals surface area contributed by atoms with E-state index in [4.69, 9.17) is 5.26 Å². The quantitative estimate of drug-likeness (QED) is 0.617. The van der Waals surface area contributed by atoms with E-state index >= 15 is 0 Å². The highest BCUT2D eigenvalue weighted by molar-refractivity contribution is 8.02. The van der Waals surface area contributed by atoms with Gasteiger partial charge in [0.25, 0.3) is 0 Å². The molecule has 0 aromatic heterocycles. The molecule has 1 heterocycles. The highest BCUT2D eigenvalue weighted by Gasteiger charge is 2.15. The fourth-order valence-corrected chi connectivity index (χ4v) is 1.97. The van der Waals surface area contributed by atoms with Crippen molar-refractivity contribution in [3.05, 3.63) is 11.1 Å². The van der Waals surface area contributed by atoms with Gasteiger partial charge in [-0.15, -0.1) is 11.8 Å². The number of piperazine rings is 1. The standard InChI is InChI=1S/C9H15N3S/c1-11-5-7-12(8-6-11)9(13-2)3-4-10/h3H,5-8H2,1-2H3. The van der Waals surface area contributed by atoms with Crippen LogP contribution in [0.1, 0.15) is 0 Å². The van der Waals surface area contributed by atoms with Gasteiger partial charge < -0.3 is 9.80 Å². The normalized spacial score (nSPS) is 20.1. The number of rotatable bonds is 2. The topological polar surface area (TPSA) is 30.3 Å². The summed E-state index contributed by atoms with van der Waals surface area (Å²) >= 11 is 1.65. The Hall–Kier alpha value is -0.660. The minimum Gasteiger partial charge on any atom is -0.363 e. The van der Waals surface area contributed by atoms with Crippen LogP contribution in [0.3, 0.4) is 0 Å². The molecule has 1 fully saturated rings. The lowest BCUT2D eigenvalue weighted by molar-refractivity contribution is 0.195. The van der Waals surface area contributed by atoms with Crippen LogP contribution in [0.2, 0.25) is 0 Å². The van der Waals surface area contributed by atoms with E-state index < -0.39 is 0 Å². The molecule has 1 aliphatic heterocycles. The van der Waals surface area contributed by atoms with Gasteiger partial charge in [0, 0.05) is 32.3 Å². The number of allylic oxidation sites excluding steroid dienone is 1. The van der Waals surface area contributed by atoms with Crippen molar-refractivity contribution in [2.75, 3.05) is 39.5 Å². The third-order valence-electron chi connectivity index (χ3n) is 2.21. The van der Waals surface area contributed by atoms with Crippen LogP contribution < -0.4 is 0 Å². The Bertz CT molecular complexity index is 224. The van der Waals surface area contributed by atoms with Crippen molar-refractivity contribution < 1.29 is 0 Å². The first kappa shape index (κ1) is 10.4. The molecule has 0 unspecified atom stereocenters. The fraction of sp³-hybridized carbons (Fsp3) is 0.667. The van der Waals surface area contributed by atoms with Crippen molar-refractivity contribution >= 4 is 11.8 Å². The number of hydrogen-bond donors (Lipinski definition) is 0.